The van der Waals surface area contributed by atoms with Crippen molar-refractivity contribution in [2.45, 2.75) is 33.6 Å². The van der Waals surface area contributed by atoms with Crippen molar-refractivity contribution in [3.05, 3.63) is 109 Å². The van der Waals surface area contributed by atoms with Crippen molar-refractivity contribution in [1.29, 1.82) is 0 Å². The molecule has 0 aliphatic heterocycles. The van der Waals surface area contributed by atoms with E-state index in [4.69, 9.17) is 4.74 Å². The van der Waals surface area contributed by atoms with Crippen LogP contribution in [0.25, 0.3) is 0 Å². The van der Waals surface area contributed by atoms with Crippen molar-refractivity contribution in [1.82, 2.24) is 0 Å². The van der Waals surface area contributed by atoms with Crippen LogP contribution in [-0.4, -0.2) is 17.8 Å². The van der Waals surface area contributed by atoms with Crippen molar-refractivity contribution in [3.63, 3.8) is 0 Å². The zero-order chi connectivity index (χ0) is 20.9. The van der Waals surface area contributed by atoms with E-state index in [1.807, 2.05) is 29.6 Å². The highest BCUT2D eigenvalue weighted by Gasteiger charge is 2.14. The first-order chi connectivity index (χ1) is 14.8. The Kier molecular flexibility index (Phi) is 10.1. The lowest BCUT2D eigenvalue weighted by Gasteiger charge is -2.19. The van der Waals surface area contributed by atoms with Crippen LogP contribution in [0.4, 0.5) is 0 Å². The molecule has 0 amide bonds. The second kappa shape index (κ2) is 13.4. The van der Waals surface area contributed by atoms with E-state index in [-0.39, 0.29) is 0 Å². The Morgan fingerprint density at radius 3 is 1.83 bits per heavy atom. The van der Waals surface area contributed by atoms with Crippen LogP contribution in [0.1, 0.15) is 18.4 Å². The van der Waals surface area contributed by atoms with Gasteiger partial charge in [0.1, 0.15) is 0 Å². The lowest BCUT2D eigenvalue weighted by atomic mass is 9.97. The fraction of sp³-hybridized carbons (Fsp3) is 0.259. The number of allylic oxidation sites excluding steroid dienone is 1. The van der Waals surface area contributed by atoms with E-state index < -0.39 is 0 Å². The van der Waals surface area contributed by atoms with Gasteiger partial charge in [0.05, 0.1) is 4.58 Å². The first-order valence-corrected chi connectivity index (χ1v) is 12.3. The van der Waals surface area contributed by atoms with Gasteiger partial charge in [0, 0.05) is 23.0 Å². The highest BCUT2D eigenvalue weighted by Crippen LogP contribution is 2.37. The molecule has 0 radical (unpaired) electrons. The van der Waals surface area contributed by atoms with Gasteiger partial charge in [-0.05, 0) is 55.0 Å². The molecule has 0 spiro atoms. The molecule has 0 bridgehead atoms. The Balaban J connectivity index is 1.51. The maximum absolute atomic E-state index is 6.15. The molecular weight excluding hydrogens is 404 g/mol. The number of rotatable bonds is 13. The van der Waals surface area contributed by atoms with Crippen LogP contribution in [0.2, 0.25) is 0 Å². The summed E-state index contributed by atoms with van der Waals surface area (Å²) >= 11 is 3.84. The maximum atomic E-state index is 6.15. The molecule has 0 heterocycles. The molecule has 30 heavy (non-hydrogen) atoms. The summed E-state index contributed by atoms with van der Waals surface area (Å²) < 4.78 is 6.57. The summed E-state index contributed by atoms with van der Waals surface area (Å²) in [7, 11) is 0. The fourth-order valence-corrected chi connectivity index (χ4v) is 5.79. The van der Waals surface area contributed by atoms with Gasteiger partial charge < -0.3 is 4.74 Å². The molecular formula is C27H30OS2. The minimum absolute atomic E-state index is 0.418. The molecule has 1 nitrogen and oxygen atoms in total. The molecule has 0 saturated carbocycles. The monoisotopic (exact) mass is 434 g/mol. The highest BCUT2D eigenvalue weighted by atomic mass is 32.2. The third-order valence-electron chi connectivity index (χ3n) is 4.74. The predicted molar refractivity (Wildman–Crippen MR) is 132 cm³/mol. The van der Waals surface area contributed by atoms with Crippen molar-refractivity contribution in [3.8, 4) is 0 Å². The Bertz CT molecular complexity index is 795. The lowest BCUT2D eigenvalue weighted by molar-refractivity contribution is 0.100. The molecule has 0 aliphatic carbocycles. The second-order valence-corrected chi connectivity index (χ2v) is 10.1. The summed E-state index contributed by atoms with van der Waals surface area (Å²) in [5.74, 6) is 0.479. The van der Waals surface area contributed by atoms with Gasteiger partial charge in [-0.2, -0.15) is 0 Å². The number of ether oxygens (including phenoxy) is 1. The van der Waals surface area contributed by atoms with E-state index in [0.717, 1.165) is 32.5 Å². The van der Waals surface area contributed by atoms with Gasteiger partial charge in [0.2, 0.25) is 0 Å². The zero-order valence-corrected chi connectivity index (χ0v) is 19.0. The molecule has 0 saturated heterocycles. The quantitative estimate of drug-likeness (QED) is 0.118. The zero-order valence-electron chi connectivity index (χ0n) is 17.4. The third kappa shape index (κ3) is 8.43. The minimum atomic E-state index is 0.418. The minimum Gasteiger partial charge on any atom is -0.381 e. The van der Waals surface area contributed by atoms with Gasteiger partial charge in [-0.3, -0.25) is 0 Å². The van der Waals surface area contributed by atoms with Gasteiger partial charge in [0.15, 0.2) is 0 Å². The standard InChI is InChI=1S/C27H30OS2/c1-2-12-24(21-23-13-6-3-7-14-23)22-28-20-19-27(29-25-15-8-4-9-16-25)30-26-17-10-5-11-18-26/h2-11,13-18,24,27H,1,12,19-22H2. The molecule has 1 unspecified atom stereocenters. The van der Waals surface area contributed by atoms with E-state index >= 15 is 0 Å². The Hall–Kier alpha value is -1.94. The van der Waals surface area contributed by atoms with Crippen molar-refractivity contribution in [2.75, 3.05) is 13.2 Å². The largest absolute Gasteiger partial charge is 0.381 e. The lowest BCUT2D eigenvalue weighted by Crippen LogP contribution is -2.14. The van der Waals surface area contributed by atoms with Gasteiger partial charge >= 0.3 is 0 Å². The highest BCUT2D eigenvalue weighted by molar-refractivity contribution is 8.17. The topological polar surface area (TPSA) is 9.23 Å². The predicted octanol–water partition coefficient (Wildman–Crippen LogP) is 7.74. The second-order valence-electron chi connectivity index (χ2n) is 7.24. The van der Waals surface area contributed by atoms with E-state index in [1.165, 1.54) is 15.4 Å². The van der Waals surface area contributed by atoms with Gasteiger partial charge in [-0.15, -0.1) is 30.1 Å². The summed E-state index contributed by atoms with van der Waals surface area (Å²) in [6, 6.07) is 32.0. The summed E-state index contributed by atoms with van der Waals surface area (Å²) in [6.45, 7) is 5.48. The van der Waals surface area contributed by atoms with Gasteiger partial charge in [0.25, 0.3) is 0 Å². The first-order valence-electron chi connectivity index (χ1n) is 10.5. The van der Waals surface area contributed by atoms with Gasteiger partial charge in [-0.1, -0.05) is 72.8 Å². The molecule has 3 rings (SSSR count). The van der Waals surface area contributed by atoms with Crippen molar-refractivity contribution in [2.24, 2.45) is 5.92 Å². The van der Waals surface area contributed by atoms with Crippen LogP contribution in [0.3, 0.4) is 0 Å². The van der Waals surface area contributed by atoms with Crippen molar-refractivity contribution < 1.29 is 4.74 Å². The number of hydrogen-bond acceptors (Lipinski definition) is 3. The average molecular weight is 435 g/mol. The van der Waals surface area contributed by atoms with Crippen LogP contribution in [-0.2, 0) is 11.2 Å². The smallest absolute Gasteiger partial charge is 0.0618 e. The molecule has 156 valence electrons. The van der Waals surface area contributed by atoms with Crippen LogP contribution in [0.15, 0.2) is 113 Å². The number of hydrogen-bond donors (Lipinski definition) is 0. The van der Waals surface area contributed by atoms with Crippen LogP contribution in [0, 0.1) is 5.92 Å². The molecule has 0 aromatic heterocycles. The van der Waals surface area contributed by atoms with E-state index in [0.29, 0.717) is 10.5 Å². The fourth-order valence-electron chi connectivity index (χ4n) is 3.27. The van der Waals surface area contributed by atoms with E-state index in [9.17, 15) is 0 Å². The summed E-state index contributed by atoms with van der Waals surface area (Å²) in [6.07, 6.45) is 5.03. The van der Waals surface area contributed by atoms with E-state index in [2.05, 4.69) is 97.6 Å². The van der Waals surface area contributed by atoms with Crippen LogP contribution < -0.4 is 0 Å². The van der Waals surface area contributed by atoms with Crippen LogP contribution >= 0.6 is 23.5 Å². The average Bonchev–Trinajstić information content (AvgIpc) is 2.79. The number of thioether (sulfide) groups is 2. The SMILES string of the molecule is C=CCC(COCCC(Sc1ccccc1)Sc1ccccc1)Cc1ccccc1. The molecule has 3 heteroatoms. The number of benzene rings is 3. The van der Waals surface area contributed by atoms with E-state index in [1.54, 1.807) is 0 Å². The normalized spacial score (nSPS) is 12.0. The Morgan fingerprint density at radius 1 is 0.767 bits per heavy atom. The summed E-state index contributed by atoms with van der Waals surface area (Å²) in [4.78, 5) is 2.61. The Labute approximate surface area is 190 Å². The third-order valence-corrected chi connectivity index (χ3v) is 7.40. The van der Waals surface area contributed by atoms with Crippen molar-refractivity contribution >= 4 is 23.5 Å². The summed E-state index contributed by atoms with van der Waals surface area (Å²) in [5, 5.41) is 0. The maximum Gasteiger partial charge on any atom is 0.0618 e. The van der Waals surface area contributed by atoms with Crippen LogP contribution in [0.5, 0.6) is 0 Å². The van der Waals surface area contributed by atoms with Gasteiger partial charge in [-0.25, -0.2) is 0 Å². The first kappa shape index (κ1) is 22.7. The molecule has 0 fully saturated rings. The molecule has 0 N–H and O–H groups in total. The molecule has 1 atom stereocenters. The molecule has 0 aliphatic rings. The molecule has 3 aromatic rings. The summed E-state index contributed by atoms with van der Waals surface area (Å²) in [5.41, 5.74) is 1.37. The molecule has 3 aromatic carbocycles. The Morgan fingerprint density at radius 2 is 1.30 bits per heavy atom.